The van der Waals surface area contributed by atoms with Crippen LogP contribution in [0.4, 0.5) is 5.69 Å². The molecule has 0 aromatic heterocycles. The van der Waals surface area contributed by atoms with Crippen LogP contribution in [0.1, 0.15) is 24.5 Å². The van der Waals surface area contributed by atoms with Crippen molar-refractivity contribution in [1.29, 1.82) is 5.26 Å². The van der Waals surface area contributed by atoms with E-state index in [0.717, 1.165) is 23.0 Å². The summed E-state index contributed by atoms with van der Waals surface area (Å²) in [5.74, 6) is 6.49. The predicted molar refractivity (Wildman–Crippen MR) is 150 cm³/mol. The first-order valence-electron chi connectivity index (χ1n) is 12.7. The molecule has 2 aliphatic rings. The number of aliphatic imine (C=N–C) groups is 2. The molecule has 4 rings (SSSR count). The molecule has 14 nitrogen and oxygen atoms in total. The van der Waals surface area contributed by atoms with Crippen molar-refractivity contribution in [3.63, 3.8) is 0 Å². The lowest BCUT2D eigenvalue weighted by molar-refractivity contribution is -0.420. The Morgan fingerprint density at radius 3 is 2.71 bits per heavy atom. The number of amidine groups is 1. The number of ether oxygens (including phenoxy) is 3. The number of esters is 1. The summed E-state index contributed by atoms with van der Waals surface area (Å²) < 4.78 is 17.1. The Labute approximate surface area is 236 Å². The molecule has 41 heavy (non-hydrogen) atoms. The normalized spacial score (nSPS) is 16.5. The highest BCUT2D eigenvalue weighted by Gasteiger charge is 2.41. The highest BCUT2D eigenvalue weighted by Crippen LogP contribution is 2.33. The number of anilines is 1. The van der Waals surface area contributed by atoms with Crippen molar-refractivity contribution in [2.45, 2.75) is 19.7 Å². The van der Waals surface area contributed by atoms with E-state index in [-0.39, 0.29) is 23.6 Å². The van der Waals surface area contributed by atoms with Gasteiger partial charge in [-0.25, -0.2) is 15.8 Å². The lowest BCUT2D eigenvalue weighted by atomic mass is 10.1. The maximum atomic E-state index is 12.4. The molecule has 214 valence electrons. The van der Waals surface area contributed by atoms with Crippen LogP contribution in [0.2, 0.25) is 0 Å². The average molecular weight is 563 g/mol. The highest BCUT2D eigenvalue weighted by molar-refractivity contribution is 6.08. The molecular formula is C27H30N8O6. The molecule has 1 unspecified atom stereocenters. The van der Waals surface area contributed by atoms with Crippen LogP contribution in [0, 0.1) is 21.4 Å². The Morgan fingerprint density at radius 2 is 2.07 bits per heavy atom. The van der Waals surface area contributed by atoms with Gasteiger partial charge in [-0.05, 0) is 31.2 Å². The quantitative estimate of drug-likeness (QED) is 0.194. The number of nitrogens with two attached hydrogens (primary N) is 1. The Bertz CT molecular complexity index is 1480. The van der Waals surface area contributed by atoms with Crippen molar-refractivity contribution < 1.29 is 23.9 Å². The summed E-state index contributed by atoms with van der Waals surface area (Å²) in [5, 5.41) is 22.6. The first-order chi connectivity index (χ1) is 19.6. The van der Waals surface area contributed by atoms with Crippen molar-refractivity contribution in [3.8, 4) is 17.6 Å². The van der Waals surface area contributed by atoms with E-state index in [2.05, 4.69) is 9.98 Å². The lowest BCUT2D eigenvalue weighted by Gasteiger charge is -2.31. The zero-order valence-corrected chi connectivity index (χ0v) is 23.1. The third kappa shape index (κ3) is 6.36. The summed E-state index contributed by atoms with van der Waals surface area (Å²) >= 11 is 0. The van der Waals surface area contributed by atoms with E-state index in [1.807, 2.05) is 24.1 Å². The average Bonchev–Trinajstić information content (AvgIpc) is 3.36. The van der Waals surface area contributed by atoms with Crippen molar-refractivity contribution >= 4 is 23.2 Å². The van der Waals surface area contributed by atoms with Crippen LogP contribution < -0.4 is 20.2 Å². The van der Waals surface area contributed by atoms with Gasteiger partial charge in [-0.1, -0.05) is 12.1 Å². The monoisotopic (exact) mass is 562 g/mol. The van der Waals surface area contributed by atoms with Gasteiger partial charge in [-0.3, -0.25) is 19.9 Å². The number of nitro groups is 1. The molecule has 0 saturated carbocycles. The van der Waals surface area contributed by atoms with Crippen LogP contribution in [-0.2, 0) is 9.53 Å². The maximum absolute atomic E-state index is 12.4. The van der Waals surface area contributed by atoms with Crippen molar-refractivity contribution in [2.75, 3.05) is 45.7 Å². The van der Waals surface area contributed by atoms with Crippen LogP contribution in [0.15, 0.2) is 64.0 Å². The number of hydrogen-bond acceptors (Lipinski definition) is 13. The summed E-state index contributed by atoms with van der Waals surface area (Å²) in [5.41, 5.74) is 0.712. The molecule has 2 heterocycles. The third-order valence-corrected chi connectivity index (χ3v) is 6.18. The minimum atomic E-state index is -1.35. The van der Waals surface area contributed by atoms with Gasteiger partial charge in [0, 0.05) is 39.3 Å². The van der Waals surface area contributed by atoms with Crippen LogP contribution in [0.25, 0.3) is 0 Å². The van der Waals surface area contributed by atoms with Gasteiger partial charge in [0.25, 0.3) is 12.2 Å². The van der Waals surface area contributed by atoms with E-state index < -0.39 is 35.2 Å². The van der Waals surface area contributed by atoms with Gasteiger partial charge in [0.05, 0.1) is 41.8 Å². The molecule has 2 aliphatic heterocycles. The van der Waals surface area contributed by atoms with E-state index >= 15 is 0 Å². The van der Waals surface area contributed by atoms with Crippen molar-refractivity contribution in [2.24, 2.45) is 15.8 Å². The smallest absolute Gasteiger partial charge is 0.352 e. The number of rotatable bonds is 10. The Balaban J connectivity index is 1.77. The maximum Gasteiger partial charge on any atom is 0.352 e. The van der Waals surface area contributed by atoms with Gasteiger partial charge in [0.1, 0.15) is 17.3 Å². The van der Waals surface area contributed by atoms with Gasteiger partial charge in [0.15, 0.2) is 5.75 Å². The number of hydrazine groups is 1. The molecule has 0 radical (unpaired) electrons. The second-order valence-electron chi connectivity index (χ2n) is 9.27. The number of carbonyl (C=O) groups excluding carboxylic acids is 1. The number of hydrogen-bond donors (Lipinski definition) is 1. The zero-order chi connectivity index (χ0) is 29.7. The molecule has 14 heteroatoms. The Kier molecular flexibility index (Phi) is 8.69. The van der Waals surface area contributed by atoms with E-state index in [0.29, 0.717) is 18.0 Å². The summed E-state index contributed by atoms with van der Waals surface area (Å²) in [6.07, 6.45) is -1.87. The fourth-order valence-electron chi connectivity index (χ4n) is 4.26. The Morgan fingerprint density at radius 1 is 1.29 bits per heavy atom. The third-order valence-electron chi connectivity index (χ3n) is 6.18. The number of nitriles is 1. The predicted octanol–water partition coefficient (Wildman–Crippen LogP) is 2.09. The number of carbonyl (C=O) groups is 1. The number of benzene rings is 2. The lowest BCUT2D eigenvalue weighted by Crippen LogP contribution is -2.49. The molecule has 2 aromatic rings. The molecule has 0 fully saturated rings. The van der Waals surface area contributed by atoms with Crippen LogP contribution in [-0.4, -0.2) is 79.5 Å². The second-order valence-corrected chi connectivity index (χ2v) is 9.27. The second kappa shape index (κ2) is 12.3. The number of allylic oxidation sites excluding steroid dienone is 1. The molecule has 2 N–H and O–H groups in total. The standard InChI is InChI=1S/C27H30N8O6/c1-5-39-23(36)15-20-24(35(37)38)26(41-22-13-17(16-28)9-10-21(22)32(2)3)34(29)27(31-20)40-19-8-6-7-18(14-19)25-30-11-12-33(25)4/h6-10,13-14,27H,5,11-12,15,29H2,1-4H3. The van der Waals surface area contributed by atoms with Crippen LogP contribution in [0.5, 0.6) is 11.5 Å². The minimum absolute atomic E-state index is 0.0776. The molecular weight excluding hydrogens is 532 g/mol. The van der Waals surface area contributed by atoms with Gasteiger partial charge in [-0.15, -0.1) is 0 Å². The summed E-state index contributed by atoms with van der Waals surface area (Å²) in [6, 6.07) is 13.8. The summed E-state index contributed by atoms with van der Waals surface area (Å²) in [6.45, 7) is 3.16. The topological polar surface area (TPSA) is 172 Å². The molecule has 0 saturated heterocycles. The van der Waals surface area contributed by atoms with Gasteiger partial charge in [0.2, 0.25) is 0 Å². The van der Waals surface area contributed by atoms with E-state index in [4.69, 9.17) is 20.1 Å². The van der Waals surface area contributed by atoms with Gasteiger partial charge >= 0.3 is 11.7 Å². The largest absolute Gasteiger partial charge is 0.466 e. The molecule has 0 aliphatic carbocycles. The van der Waals surface area contributed by atoms with Crippen molar-refractivity contribution in [1.82, 2.24) is 9.91 Å². The zero-order valence-electron chi connectivity index (χ0n) is 23.1. The summed E-state index contributed by atoms with van der Waals surface area (Å²) in [7, 11) is 5.43. The first kappa shape index (κ1) is 28.8. The van der Waals surface area contributed by atoms with E-state index in [1.165, 1.54) is 6.07 Å². The Hall–Kier alpha value is -5.16. The first-order valence-corrected chi connectivity index (χ1v) is 12.7. The van der Waals surface area contributed by atoms with Crippen LogP contribution >= 0.6 is 0 Å². The minimum Gasteiger partial charge on any atom is -0.466 e. The molecule has 0 bridgehead atoms. The molecule has 2 aromatic carbocycles. The van der Waals surface area contributed by atoms with Crippen LogP contribution in [0.3, 0.4) is 0 Å². The van der Waals surface area contributed by atoms with Crippen molar-refractivity contribution in [3.05, 3.63) is 75.3 Å². The SMILES string of the molecule is CCOC(=O)CC1=NC(Oc2cccc(C3=NCCN3C)c2)N(N)C(Oc2cc(C#N)ccc2N(C)C)=C1[N+](=O)[O-]. The summed E-state index contributed by atoms with van der Waals surface area (Å²) in [4.78, 5) is 36.5. The van der Waals surface area contributed by atoms with E-state index in [9.17, 15) is 20.2 Å². The molecule has 0 spiro atoms. The molecule has 0 amide bonds. The molecule has 1 atom stereocenters. The van der Waals surface area contributed by atoms with Gasteiger partial charge in [-0.2, -0.15) is 5.26 Å². The van der Waals surface area contributed by atoms with E-state index in [1.54, 1.807) is 56.3 Å². The van der Waals surface area contributed by atoms with Gasteiger partial charge < -0.3 is 24.0 Å². The number of likely N-dealkylation sites (N-methyl/N-ethyl adjacent to an activating group) is 1. The number of nitrogens with zero attached hydrogens (tertiary/aromatic N) is 7. The fourth-order valence-corrected chi connectivity index (χ4v) is 4.26. The fraction of sp³-hybridized carbons (Fsp3) is 0.333. The highest BCUT2D eigenvalue weighted by atomic mass is 16.6.